The van der Waals surface area contributed by atoms with E-state index in [0.29, 0.717) is 12.1 Å². The van der Waals surface area contributed by atoms with Gasteiger partial charge in [-0.25, -0.2) is 0 Å². The van der Waals surface area contributed by atoms with Crippen molar-refractivity contribution in [2.45, 2.75) is 39.5 Å². The molecule has 0 saturated carbocycles. The Hall–Kier alpha value is -2.03. The van der Waals surface area contributed by atoms with Crippen LogP contribution in [0.2, 0.25) is 0 Å². The molecule has 104 valence electrons. The molecule has 0 saturated heterocycles. The summed E-state index contributed by atoms with van der Waals surface area (Å²) < 4.78 is 0. The van der Waals surface area contributed by atoms with Crippen LogP contribution in [0.4, 0.5) is 0 Å². The summed E-state index contributed by atoms with van der Waals surface area (Å²) in [4.78, 5) is 12.2. The first kappa shape index (κ1) is 14.4. The summed E-state index contributed by atoms with van der Waals surface area (Å²) in [5, 5.41) is 8.00. The molecule has 1 aromatic heterocycles. The normalized spacial score (nSPS) is 11.4. The van der Waals surface area contributed by atoms with Gasteiger partial charge in [0.1, 0.15) is 0 Å². The number of benzene rings is 1. The van der Waals surface area contributed by atoms with Crippen LogP contribution in [0.15, 0.2) is 36.4 Å². The molecule has 0 aliphatic heterocycles. The molecule has 20 heavy (non-hydrogen) atoms. The van der Waals surface area contributed by atoms with E-state index in [2.05, 4.69) is 31.0 Å². The smallest absolute Gasteiger partial charge is 0.168 e. The van der Waals surface area contributed by atoms with Crippen molar-refractivity contribution < 1.29 is 4.79 Å². The molecule has 0 unspecified atom stereocenters. The quantitative estimate of drug-likeness (QED) is 0.800. The third-order valence-electron chi connectivity index (χ3n) is 3.27. The first-order valence-electron chi connectivity index (χ1n) is 6.79. The number of nitrogens with zero attached hydrogens (tertiary/aromatic N) is 2. The summed E-state index contributed by atoms with van der Waals surface area (Å²) in [6.45, 7) is 8.35. The van der Waals surface area contributed by atoms with Gasteiger partial charge in [0.05, 0.1) is 17.8 Å². The Morgan fingerprint density at radius 3 is 2.15 bits per heavy atom. The van der Waals surface area contributed by atoms with Gasteiger partial charge in [0, 0.05) is 5.56 Å². The predicted molar refractivity (Wildman–Crippen MR) is 79.9 cm³/mol. The lowest BCUT2D eigenvalue weighted by molar-refractivity contribution is 0.0991. The zero-order valence-electron chi connectivity index (χ0n) is 12.5. The summed E-state index contributed by atoms with van der Waals surface area (Å²) in [6, 6.07) is 11.6. The highest BCUT2D eigenvalue weighted by atomic mass is 16.1. The minimum atomic E-state index is 0.0728. The number of Topliss-reactive ketones (excluding diaryl/α,β-unsaturated/α-hetero) is 1. The summed E-state index contributed by atoms with van der Waals surface area (Å²) >= 11 is 0. The second kappa shape index (κ2) is 5.53. The maximum atomic E-state index is 12.2. The fourth-order valence-corrected chi connectivity index (χ4v) is 1.94. The topological polar surface area (TPSA) is 42.9 Å². The predicted octanol–water partition coefficient (Wildman–Crippen LogP) is 3.51. The van der Waals surface area contributed by atoms with Crippen LogP contribution < -0.4 is 0 Å². The Bertz CT molecular complexity index is 592. The van der Waals surface area contributed by atoms with Gasteiger partial charge in [-0.15, -0.1) is 0 Å². The summed E-state index contributed by atoms with van der Waals surface area (Å²) in [5.41, 5.74) is 3.62. The Morgan fingerprint density at radius 2 is 1.65 bits per heavy atom. The SMILES string of the molecule is Cc1ccc(CC(=O)c2ccc(C(C)(C)C)cc2)nn1. The molecule has 2 aromatic rings. The molecule has 0 fully saturated rings. The maximum absolute atomic E-state index is 12.2. The fourth-order valence-electron chi connectivity index (χ4n) is 1.94. The van der Waals surface area contributed by atoms with Gasteiger partial charge in [0.15, 0.2) is 5.78 Å². The molecule has 0 aliphatic carbocycles. The summed E-state index contributed by atoms with van der Waals surface area (Å²) in [5.74, 6) is 0.0728. The second-order valence-electron chi connectivity index (χ2n) is 6.09. The molecule has 2 rings (SSSR count). The molecule has 3 nitrogen and oxygen atoms in total. The van der Waals surface area contributed by atoms with Gasteiger partial charge in [-0.3, -0.25) is 4.79 Å². The van der Waals surface area contributed by atoms with Crippen LogP contribution in [-0.4, -0.2) is 16.0 Å². The molecule has 0 atom stereocenters. The Morgan fingerprint density at radius 1 is 1.00 bits per heavy atom. The van der Waals surface area contributed by atoms with E-state index in [-0.39, 0.29) is 11.2 Å². The number of ketones is 1. The third kappa shape index (κ3) is 3.50. The van der Waals surface area contributed by atoms with Gasteiger partial charge < -0.3 is 0 Å². The van der Waals surface area contributed by atoms with Crippen molar-refractivity contribution in [2.24, 2.45) is 0 Å². The first-order chi connectivity index (χ1) is 9.36. The molecule has 0 radical (unpaired) electrons. The van der Waals surface area contributed by atoms with Gasteiger partial charge in [0.25, 0.3) is 0 Å². The van der Waals surface area contributed by atoms with Crippen LogP contribution in [0.3, 0.4) is 0 Å². The lowest BCUT2D eigenvalue weighted by atomic mass is 9.86. The zero-order valence-corrected chi connectivity index (χ0v) is 12.5. The highest BCUT2D eigenvalue weighted by molar-refractivity contribution is 5.97. The number of rotatable bonds is 3. The van der Waals surface area contributed by atoms with Crippen LogP contribution >= 0.6 is 0 Å². The molecule has 0 aliphatic rings. The van der Waals surface area contributed by atoms with Crippen molar-refractivity contribution in [3.05, 3.63) is 58.9 Å². The Kier molecular flexibility index (Phi) is 3.98. The van der Waals surface area contributed by atoms with E-state index in [9.17, 15) is 4.79 Å². The molecular formula is C17H20N2O. The van der Waals surface area contributed by atoms with Crippen molar-refractivity contribution in [1.82, 2.24) is 10.2 Å². The van der Waals surface area contributed by atoms with Crippen molar-refractivity contribution >= 4 is 5.78 Å². The van der Waals surface area contributed by atoms with E-state index in [1.165, 1.54) is 5.56 Å². The number of hydrogen-bond acceptors (Lipinski definition) is 3. The van der Waals surface area contributed by atoms with Crippen LogP contribution in [0.25, 0.3) is 0 Å². The number of carbonyl (C=O) groups excluding carboxylic acids is 1. The highest BCUT2D eigenvalue weighted by Crippen LogP contribution is 2.22. The first-order valence-corrected chi connectivity index (χ1v) is 6.79. The Labute approximate surface area is 120 Å². The van der Waals surface area contributed by atoms with E-state index >= 15 is 0 Å². The standard InChI is InChI=1S/C17H20N2O/c1-12-5-10-15(19-18-12)11-16(20)13-6-8-14(9-7-13)17(2,3)4/h5-10H,11H2,1-4H3. The fraction of sp³-hybridized carbons (Fsp3) is 0.353. The third-order valence-corrected chi connectivity index (χ3v) is 3.27. The average Bonchev–Trinajstić information content (AvgIpc) is 2.40. The number of hydrogen-bond donors (Lipinski definition) is 0. The molecule has 0 spiro atoms. The van der Waals surface area contributed by atoms with Crippen LogP contribution in [-0.2, 0) is 11.8 Å². The summed E-state index contributed by atoms with van der Waals surface area (Å²) in [7, 11) is 0. The molecule has 0 N–H and O–H groups in total. The number of carbonyl (C=O) groups is 1. The van der Waals surface area contributed by atoms with E-state index in [4.69, 9.17) is 0 Å². The van der Waals surface area contributed by atoms with Crippen molar-refractivity contribution in [3.63, 3.8) is 0 Å². The van der Waals surface area contributed by atoms with E-state index in [1.54, 1.807) is 0 Å². The van der Waals surface area contributed by atoms with E-state index in [1.807, 2.05) is 43.3 Å². The van der Waals surface area contributed by atoms with Crippen LogP contribution in [0.1, 0.15) is 48.1 Å². The Balaban J connectivity index is 2.11. The van der Waals surface area contributed by atoms with Gasteiger partial charge >= 0.3 is 0 Å². The highest BCUT2D eigenvalue weighted by Gasteiger charge is 2.14. The molecular weight excluding hydrogens is 248 g/mol. The number of aryl methyl sites for hydroxylation is 1. The van der Waals surface area contributed by atoms with Crippen molar-refractivity contribution in [3.8, 4) is 0 Å². The zero-order chi connectivity index (χ0) is 14.8. The molecule has 0 amide bonds. The van der Waals surface area contributed by atoms with Crippen molar-refractivity contribution in [1.29, 1.82) is 0 Å². The molecule has 1 heterocycles. The van der Waals surface area contributed by atoms with E-state index < -0.39 is 0 Å². The van der Waals surface area contributed by atoms with Gasteiger partial charge in [-0.2, -0.15) is 10.2 Å². The maximum Gasteiger partial charge on any atom is 0.168 e. The molecule has 3 heteroatoms. The molecule has 1 aromatic carbocycles. The van der Waals surface area contributed by atoms with Crippen LogP contribution in [0, 0.1) is 6.92 Å². The lowest BCUT2D eigenvalue weighted by Gasteiger charge is -2.18. The van der Waals surface area contributed by atoms with Crippen molar-refractivity contribution in [2.75, 3.05) is 0 Å². The van der Waals surface area contributed by atoms with Gasteiger partial charge in [-0.05, 0) is 30.0 Å². The average molecular weight is 268 g/mol. The summed E-state index contributed by atoms with van der Waals surface area (Å²) in [6.07, 6.45) is 0.294. The number of aromatic nitrogens is 2. The lowest BCUT2D eigenvalue weighted by Crippen LogP contribution is -2.12. The van der Waals surface area contributed by atoms with E-state index in [0.717, 1.165) is 11.3 Å². The van der Waals surface area contributed by atoms with Crippen LogP contribution in [0.5, 0.6) is 0 Å². The minimum Gasteiger partial charge on any atom is -0.294 e. The van der Waals surface area contributed by atoms with Gasteiger partial charge in [-0.1, -0.05) is 45.0 Å². The van der Waals surface area contributed by atoms with Gasteiger partial charge in [0.2, 0.25) is 0 Å². The molecule has 0 bridgehead atoms. The largest absolute Gasteiger partial charge is 0.294 e. The minimum absolute atomic E-state index is 0.0728. The monoisotopic (exact) mass is 268 g/mol. The second-order valence-corrected chi connectivity index (χ2v) is 6.09.